The Hall–Kier alpha value is -3.09. The fourth-order valence-corrected chi connectivity index (χ4v) is 4.18. The maximum atomic E-state index is 12.6. The lowest BCUT2D eigenvalue weighted by Crippen LogP contribution is -2.14. The number of hydrogen-bond acceptors (Lipinski definition) is 4. The van der Waals surface area contributed by atoms with E-state index in [9.17, 15) is 4.79 Å². The number of nitrogens with zero attached hydrogens (tertiary/aromatic N) is 3. The zero-order valence-electron chi connectivity index (χ0n) is 17.9. The van der Waals surface area contributed by atoms with Crippen LogP contribution in [0.15, 0.2) is 78.0 Å². The highest BCUT2D eigenvalue weighted by Crippen LogP contribution is 2.29. The molecule has 1 amide bonds. The number of thioether (sulfide) groups is 1. The molecule has 0 fully saturated rings. The van der Waals surface area contributed by atoms with Crippen molar-refractivity contribution in [1.29, 1.82) is 0 Å². The Bertz CT molecular complexity index is 1220. The van der Waals surface area contributed by atoms with Crippen molar-refractivity contribution in [1.82, 2.24) is 14.8 Å². The molecule has 162 valence electrons. The van der Waals surface area contributed by atoms with Crippen LogP contribution in [-0.2, 0) is 11.2 Å². The first-order valence-electron chi connectivity index (χ1n) is 10.3. The van der Waals surface area contributed by atoms with E-state index in [1.807, 2.05) is 78.2 Å². The zero-order valence-corrected chi connectivity index (χ0v) is 19.5. The summed E-state index contributed by atoms with van der Waals surface area (Å²) in [5.41, 5.74) is 4.99. The molecule has 32 heavy (non-hydrogen) atoms. The lowest BCUT2D eigenvalue weighted by atomic mass is 10.1. The standard InChI is InChI=1S/C25H23ClN4OS/c1-3-18-7-13-21(14-8-18)27-23(31)16-32-25-29-28-24(19-9-11-20(26)12-10-19)30(25)22-6-4-5-17(2)15-22/h4-15H,3,16H2,1-2H3,(H,27,31). The molecule has 7 heteroatoms. The van der Waals surface area contributed by atoms with E-state index in [1.54, 1.807) is 0 Å². The Morgan fingerprint density at radius 3 is 2.47 bits per heavy atom. The summed E-state index contributed by atoms with van der Waals surface area (Å²) in [6.45, 7) is 4.15. The van der Waals surface area contributed by atoms with Crippen molar-refractivity contribution in [2.75, 3.05) is 11.1 Å². The second-order valence-corrected chi connectivity index (χ2v) is 8.75. The number of benzene rings is 3. The summed E-state index contributed by atoms with van der Waals surface area (Å²) in [7, 11) is 0. The summed E-state index contributed by atoms with van der Waals surface area (Å²) in [6.07, 6.45) is 0.967. The maximum Gasteiger partial charge on any atom is 0.234 e. The molecule has 1 aromatic heterocycles. The van der Waals surface area contributed by atoms with Crippen molar-refractivity contribution < 1.29 is 4.79 Å². The minimum atomic E-state index is -0.0916. The summed E-state index contributed by atoms with van der Waals surface area (Å²) < 4.78 is 1.98. The number of carbonyl (C=O) groups excluding carboxylic acids is 1. The van der Waals surface area contributed by atoms with Crippen LogP contribution in [0, 0.1) is 6.92 Å². The number of rotatable bonds is 7. The first-order valence-corrected chi connectivity index (χ1v) is 11.7. The minimum absolute atomic E-state index is 0.0916. The molecule has 3 aromatic carbocycles. The summed E-state index contributed by atoms with van der Waals surface area (Å²) in [5, 5.41) is 13.1. The molecule has 0 aliphatic carbocycles. The van der Waals surface area contributed by atoms with Crippen molar-refractivity contribution in [3.05, 3.63) is 88.9 Å². The smallest absolute Gasteiger partial charge is 0.234 e. The van der Waals surface area contributed by atoms with E-state index in [0.717, 1.165) is 28.9 Å². The molecular formula is C25H23ClN4OS. The molecule has 0 aliphatic heterocycles. The van der Waals surface area contributed by atoms with Crippen LogP contribution >= 0.6 is 23.4 Å². The third-order valence-electron chi connectivity index (χ3n) is 4.97. The summed E-state index contributed by atoms with van der Waals surface area (Å²) in [6, 6.07) is 23.5. The summed E-state index contributed by atoms with van der Waals surface area (Å²) in [4.78, 5) is 12.6. The molecule has 4 aromatic rings. The lowest BCUT2D eigenvalue weighted by Gasteiger charge is -2.11. The number of carbonyl (C=O) groups is 1. The molecule has 0 saturated heterocycles. The number of hydrogen-bond donors (Lipinski definition) is 1. The van der Waals surface area contributed by atoms with Gasteiger partial charge in [0.25, 0.3) is 0 Å². The molecule has 0 saturated carbocycles. The van der Waals surface area contributed by atoms with Crippen molar-refractivity contribution in [2.45, 2.75) is 25.4 Å². The molecule has 0 radical (unpaired) electrons. The van der Waals surface area contributed by atoms with Gasteiger partial charge in [0.15, 0.2) is 11.0 Å². The Kier molecular flexibility index (Phi) is 6.93. The highest BCUT2D eigenvalue weighted by atomic mass is 35.5. The van der Waals surface area contributed by atoms with Crippen molar-refractivity contribution in [3.8, 4) is 17.1 Å². The van der Waals surface area contributed by atoms with Crippen LogP contribution in [-0.4, -0.2) is 26.4 Å². The van der Waals surface area contributed by atoms with Gasteiger partial charge < -0.3 is 5.32 Å². The number of aromatic nitrogens is 3. The van der Waals surface area contributed by atoms with Crippen LogP contribution < -0.4 is 5.32 Å². The van der Waals surface area contributed by atoms with Gasteiger partial charge in [0, 0.05) is 22.0 Å². The van der Waals surface area contributed by atoms with E-state index >= 15 is 0 Å². The van der Waals surface area contributed by atoms with Gasteiger partial charge in [0.2, 0.25) is 5.91 Å². The van der Waals surface area contributed by atoms with Crippen LogP contribution in [0.2, 0.25) is 5.02 Å². The topological polar surface area (TPSA) is 59.8 Å². The average molecular weight is 463 g/mol. The number of halogens is 1. The van der Waals surface area contributed by atoms with Crippen LogP contribution in [0.4, 0.5) is 5.69 Å². The van der Waals surface area contributed by atoms with E-state index in [4.69, 9.17) is 11.6 Å². The zero-order chi connectivity index (χ0) is 22.5. The van der Waals surface area contributed by atoms with Crippen molar-refractivity contribution in [2.24, 2.45) is 0 Å². The SMILES string of the molecule is CCc1ccc(NC(=O)CSc2nnc(-c3ccc(Cl)cc3)n2-c2cccc(C)c2)cc1. The van der Waals surface area contributed by atoms with Crippen LogP contribution in [0.3, 0.4) is 0 Å². The quantitative estimate of drug-likeness (QED) is 0.333. The molecule has 1 N–H and O–H groups in total. The van der Waals surface area contributed by atoms with Crippen LogP contribution in [0.5, 0.6) is 0 Å². The van der Waals surface area contributed by atoms with Crippen molar-refractivity contribution >= 4 is 35.0 Å². The van der Waals surface area contributed by atoms with Gasteiger partial charge >= 0.3 is 0 Å². The summed E-state index contributed by atoms with van der Waals surface area (Å²) in [5.74, 6) is 0.830. The number of amides is 1. The van der Waals surface area contributed by atoms with Gasteiger partial charge in [-0.1, -0.05) is 54.6 Å². The Morgan fingerprint density at radius 1 is 1.03 bits per heavy atom. The fraction of sp³-hybridized carbons (Fsp3) is 0.160. The van der Waals surface area contributed by atoms with Crippen molar-refractivity contribution in [3.63, 3.8) is 0 Å². The fourth-order valence-electron chi connectivity index (χ4n) is 3.30. The van der Waals surface area contributed by atoms with Gasteiger partial charge in [-0.15, -0.1) is 10.2 Å². The van der Waals surface area contributed by atoms with Gasteiger partial charge in [-0.25, -0.2) is 0 Å². The van der Waals surface area contributed by atoms with E-state index < -0.39 is 0 Å². The molecular weight excluding hydrogens is 440 g/mol. The predicted octanol–water partition coefficient (Wildman–Crippen LogP) is 6.19. The van der Waals surface area contributed by atoms with Crippen LogP contribution in [0.1, 0.15) is 18.1 Å². The molecule has 0 aliphatic rings. The molecule has 0 bridgehead atoms. The summed E-state index contributed by atoms with van der Waals surface area (Å²) >= 11 is 7.41. The molecule has 5 nitrogen and oxygen atoms in total. The van der Waals surface area contributed by atoms with E-state index in [0.29, 0.717) is 16.0 Å². The Morgan fingerprint density at radius 2 is 1.78 bits per heavy atom. The minimum Gasteiger partial charge on any atom is -0.325 e. The third kappa shape index (κ3) is 5.21. The highest BCUT2D eigenvalue weighted by molar-refractivity contribution is 7.99. The van der Waals surface area contributed by atoms with Gasteiger partial charge in [-0.2, -0.15) is 0 Å². The Labute approximate surface area is 196 Å². The first-order chi connectivity index (χ1) is 15.5. The van der Waals surface area contributed by atoms with E-state index in [2.05, 4.69) is 28.5 Å². The normalized spacial score (nSPS) is 10.8. The number of aryl methyl sites for hydroxylation is 2. The second-order valence-electron chi connectivity index (χ2n) is 7.37. The monoisotopic (exact) mass is 462 g/mol. The largest absolute Gasteiger partial charge is 0.325 e. The number of anilines is 1. The third-order valence-corrected chi connectivity index (χ3v) is 6.15. The molecule has 4 rings (SSSR count). The molecule has 1 heterocycles. The predicted molar refractivity (Wildman–Crippen MR) is 132 cm³/mol. The average Bonchev–Trinajstić information content (AvgIpc) is 3.23. The lowest BCUT2D eigenvalue weighted by molar-refractivity contribution is -0.113. The molecule has 0 atom stereocenters. The number of nitrogens with one attached hydrogen (secondary N) is 1. The van der Waals surface area contributed by atoms with Crippen LogP contribution in [0.25, 0.3) is 17.1 Å². The highest BCUT2D eigenvalue weighted by Gasteiger charge is 2.17. The van der Waals surface area contributed by atoms with E-state index in [1.165, 1.54) is 17.3 Å². The van der Waals surface area contributed by atoms with Gasteiger partial charge in [-0.3, -0.25) is 9.36 Å². The second kappa shape index (κ2) is 10.0. The van der Waals surface area contributed by atoms with E-state index in [-0.39, 0.29) is 11.7 Å². The molecule has 0 unspecified atom stereocenters. The van der Waals surface area contributed by atoms with Gasteiger partial charge in [0.05, 0.1) is 5.75 Å². The maximum absolute atomic E-state index is 12.6. The molecule has 0 spiro atoms. The first kappa shape index (κ1) is 22.1. The van der Waals surface area contributed by atoms with Gasteiger partial charge in [-0.05, 0) is 73.0 Å². The van der Waals surface area contributed by atoms with Gasteiger partial charge in [0.1, 0.15) is 0 Å². The Balaban J connectivity index is 1.57.